The minimum atomic E-state index is -3.64. The summed E-state index contributed by atoms with van der Waals surface area (Å²) in [5.74, 6) is 0. The van der Waals surface area contributed by atoms with Gasteiger partial charge in [-0.1, -0.05) is 41.4 Å². The first-order chi connectivity index (χ1) is 9.50. The fourth-order valence-corrected chi connectivity index (χ4v) is 3.72. The minimum Gasteiger partial charge on any atom is -0.241 e. The van der Waals surface area contributed by atoms with Gasteiger partial charge in [-0.3, -0.25) is 0 Å². The summed E-state index contributed by atoms with van der Waals surface area (Å²) in [5, 5.41) is 1.44. The Balaban J connectivity index is 2.28. The summed E-state index contributed by atoms with van der Waals surface area (Å²) < 4.78 is 26.4. The predicted octanol–water partition coefficient (Wildman–Crippen LogP) is 4.19. The summed E-state index contributed by atoms with van der Waals surface area (Å²) in [6, 6.07) is 13.1. The van der Waals surface area contributed by atoms with Gasteiger partial charge in [0.05, 0.1) is 20.5 Å². The van der Waals surface area contributed by atoms with E-state index >= 15 is 0 Å². The topological polar surface area (TPSA) is 39.1 Å². The third-order valence-electron chi connectivity index (χ3n) is 3.00. The molecule has 0 bridgehead atoms. The van der Waals surface area contributed by atoms with Gasteiger partial charge in [0.25, 0.3) is 10.0 Å². The number of hydrogen-bond acceptors (Lipinski definition) is 2. The molecular weight excluding hydrogens is 317 g/mol. The maximum Gasteiger partial charge on any atom is 0.268 e. The van der Waals surface area contributed by atoms with Crippen LogP contribution >= 0.6 is 23.2 Å². The molecule has 0 atom stereocenters. The normalized spacial score (nSPS) is 11.9. The lowest BCUT2D eigenvalue weighted by Crippen LogP contribution is -2.11. The number of hydrogen-bond donors (Lipinski definition) is 0. The van der Waals surface area contributed by atoms with E-state index in [0.29, 0.717) is 15.6 Å². The Morgan fingerprint density at radius 2 is 1.55 bits per heavy atom. The first-order valence-corrected chi connectivity index (χ1v) is 7.96. The molecule has 0 aliphatic carbocycles. The van der Waals surface area contributed by atoms with Gasteiger partial charge in [-0.25, -0.2) is 12.4 Å². The molecule has 1 heterocycles. The van der Waals surface area contributed by atoms with E-state index in [1.54, 1.807) is 48.5 Å². The van der Waals surface area contributed by atoms with Crippen molar-refractivity contribution >= 4 is 44.1 Å². The summed E-state index contributed by atoms with van der Waals surface area (Å²) in [4.78, 5) is 0.226. The molecule has 3 nitrogen and oxygen atoms in total. The van der Waals surface area contributed by atoms with Crippen molar-refractivity contribution in [3.8, 4) is 0 Å². The Hall–Kier alpha value is -1.49. The Kier molecular flexibility index (Phi) is 3.24. The lowest BCUT2D eigenvalue weighted by molar-refractivity contribution is 0.589. The van der Waals surface area contributed by atoms with Crippen LogP contribution in [0.25, 0.3) is 10.9 Å². The first-order valence-electron chi connectivity index (χ1n) is 5.77. The molecule has 3 rings (SSSR count). The molecule has 20 heavy (non-hydrogen) atoms. The average molecular weight is 326 g/mol. The molecule has 6 heteroatoms. The summed E-state index contributed by atoms with van der Waals surface area (Å²) in [6.45, 7) is 0. The van der Waals surface area contributed by atoms with Crippen LogP contribution in [-0.4, -0.2) is 12.4 Å². The van der Waals surface area contributed by atoms with Crippen LogP contribution in [-0.2, 0) is 10.0 Å². The van der Waals surface area contributed by atoms with Crippen LogP contribution in [0.2, 0.25) is 10.0 Å². The van der Waals surface area contributed by atoms with E-state index in [9.17, 15) is 8.42 Å². The van der Waals surface area contributed by atoms with Crippen molar-refractivity contribution in [1.29, 1.82) is 0 Å². The zero-order valence-electron chi connectivity index (χ0n) is 10.1. The molecule has 3 aromatic rings. The quantitative estimate of drug-likeness (QED) is 0.708. The summed E-state index contributed by atoms with van der Waals surface area (Å²) in [6.07, 6.45) is 1.50. The SMILES string of the molecule is O=S(=O)(c1ccccc1)n1ccc2cc(Cl)c(Cl)cc21. The van der Waals surface area contributed by atoms with Gasteiger partial charge in [0.15, 0.2) is 0 Å². The smallest absolute Gasteiger partial charge is 0.241 e. The second kappa shape index (κ2) is 4.81. The lowest BCUT2D eigenvalue weighted by Gasteiger charge is -2.08. The van der Waals surface area contributed by atoms with Crippen LogP contribution < -0.4 is 0 Å². The van der Waals surface area contributed by atoms with Crippen molar-refractivity contribution in [2.75, 3.05) is 0 Å². The van der Waals surface area contributed by atoms with Gasteiger partial charge in [0.1, 0.15) is 0 Å². The minimum absolute atomic E-state index is 0.226. The molecule has 0 fully saturated rings. The second-order valence-corrected chi connectivity index (χ2v) is 6.88. The maximum absolute atomic E-state index is 12.6. The molecule has 0 amide bonds. The highest BCUT2D eigenvalue weighted by Crippen LogP contribution is 2.30. The second-order valence-electron chi connectivity index (χ2n) is 4.25. The van der Waals surface area contributed by atoms with E-state index in [1.165, 1.54) is 10.2 Å². The fourth-order valence-electron chi connectivity index (χ4n) is 2.02. The Morgan fingerprint density at radius 3 is 2.25 bits per heavy atom. The van der Waals surface area contributed by atoms with Crippen LogP contribution in [0.5, 0.6) is 0 Å². The average Bonchev–Trinajstić information content (AvgIpc) is 2.84. The molecule has 102 valence electrons. The first kappa shape index (κ1) is 13.5. The van der Waals surface area contributed by atoms with E-state index in [1.807, 2.05) is 0 Å². The molecule has 0 unspecified atom stereocenters. The van der Waals surface area contributed by atoms with Gasteiger partial charge in [0, 0.05) is 11.6 Å². The number of aromatic nitrogens is 1. The largest absolute Gasteiger partial charge is 0.268 e. The Bertz CT molecular complexity index is 886. The maximum atomic E-state index is 12.6. The summed E-state index contributed by atoms with van der Waals surface area (Å²) >= 11 is 11.9. The predicted molar refractivity (Wildman–Crippen MR) is 81.0 cm³/mol. The van der Waals surface area contributed by atoms with E-state index in [4.69, 9.17) is 23.2 Å². The van der Waals surface area contributed by atoms with Gasteiger partial charge in [-0.15, -0.1) is 0 Å². The van der Waals surface area contributed by atoms with Crippen LogP contribution in [0.1, 0.15) is 0 Å². The summed E-state index contributed by atoms with van der Waals surface area (Å²) in [7, 11) is -3.64. The number of nitrogens with zero attached hydrogens (tertiary/aromatic N) is 1. The fraction of sp³-hybridized carbons (Fsp3) is 0. The number of fused-ring (bicyclic) bond motifs is 1. The van der Waals surface area contributed by atoms with E-state index in [-0.39, 0.29) is 4.90 Å². The molecule has 1 aromatic heterocycles. The molecule has 0 N–H and O–H groups in total. The molecule has 0 radical (unpaired) electrons. The van der Waals surface area contributed by atoms with Crippen molar-refractivity contribution in [1.82, 2.24) is 3.97 Å². The highest BCUT2D eigenvalue weighted by molar-refractivity contribution is 7.90. The van der Waals surface area contributed by atoms with Gasteiger partial charge in [-0.05, 0) is 30.3 Å². The lowest BCUT2D eigenvalue weighted by atomic mass is 10.2. The van der Waals surface area contributed by atoms with Gasteiger partial charge in [0.2, 0.25) is 0 Å². The Morgan fingerprint density at radius 1 is 0.900 bits per heavy atom. The molecule has 2 aromatic carbocycles. The molecule has 0 aliphatic rings. The van der Waals surface area contributed by atoms with Crippen molar-refractivity contribution < 1.29 is 8.42 Å². The zero-order valence-corrected chi connectivity index (χ0v) is 12.5. The van der Waals surface area contributed by atoms with E-state index in [2.05, 4.69) is 0 Å². The summed E-state index contributed by atoms with van der Waals surface area (Å²) in [5.41, 5.74) is 0.503. The van der Waals surface area contributed by atoms with Crippen molar-refractivity contribution in [3.63, 3.8) is 0 Å². The number of rotatable bonds is 2. The van der Waals surface area contributed by atoms with Crippen molar-refractivity contribution in [3.05, 3.63) is 64.8 Å². The molecular formula is C14H9Cl2NO2S. The highest BCUT2D eigenvalue weighted by Gasteiger charge is 2.19. The van der Waals surface area contributed by atoms with Crippen LogP contribution in [0.15, 0.2) is 59.6 Å². The molecule has 0 aliphatic heterocycles. The van der Waals surface area contributed by atoms with E-state index in [0.717, 1.165) is 5.39 Å². The Labute approximate surface area is 126 Å². The van der Waals surface area contributed by atoms with Crippen molar-refractivity contribution in [2.45, 2.75) is 4.90 Å². The van der Waals surface area contributed by atoms with Crippen LogP contribution in [0.4, 0.5) is 0 Å². The molecule has 0 saturated carbocycles. The van der Waals surface area contributed by atoms with E-state index < -0.39 is 10.0 Å². The standard InChI is InChI=1S/C14H9Cl2NO2S/c15-12-8-10-6-7-17(14(10)9-13(12)16)20(18,19)11-4-2-1-3-5-11/h1-9H. The monoisotopic (exact) mass is 325 g/mol. The van der Waals surface area contributed by atoms with Crippen LogP contribution in [0, 0.1) is 0 Å². The molecule has 0 saturated heterocycles. The van der Waals surface area contributed by atoms with Gasteiger partial charge < -0.3 is 0 Å². The highest BCUT2D eigenvalue weighted by atomic mass is 35.5. The van der Waals surface area contributed by atoms with Crippen molar-refractivity contribution in [2.24, 2.45) is 0 Å². The third-order valence-corrected chi connectivity index (χ3v) is 5.42. The number of halogens is 2. The van der Waals surface area contributed by atoms with Crippen LogP contribution in [0.3, 0.4) is 0 Å². The zero-order chi connectivity index (χ0) is 14.3. The molecule has 0 spiro atoms. The van der Waals surface area contributed by atoms with Gasteiger partial charge in [-0.2, -0.15) is 0 Å². The van der Waals surface area contributed by atoms with Gasteiger partial charge >= 0.3 is 0 Å². The third kappa shape index (κ3) is 2.10. The number of benzene rings is 2.